The van der Waals surface area contributed by atoms with Crippen LogP contribution < -0.4 is 0 Å². The van der Waals surface area contributed by atoms with Gasteiger partial charge in [-0.2, -0.15) is 8.78 Å². The molecule has 0 saturated carbocycles. The Morgan fingerprint density at radius 2 is 2.17 bits per heavy atom. The minimum Gasteiger partial charge on any atom is -0.462 e. The maximum atomic E-state index is 13.5. The van der Waals surface area contributed by atoms with Crippen LogP contribution in [-0.2, 0) is 16.0 Å². The van der Waals surface area contributed by atoms with E-state index in [1.165, 1.54) is 6.92 Å². The number of carbonyl (C=O) groups is 1. The fraction of sp³-hybridized carbons (Fsp3) is 0.333. The lowest BCUT2D eigenvalue weighted by Gasteiger charge is -2.12. The van der Waals surface area contributed by atoms with Gasteiger partial charge in [0, 0.05) is 0 Å². The van der Waals surface area contributed by atoms with Gasteiger partial charge in [0.1, 0.15) is 5.01 Å². The largest absolute Gasteiger partial charge is 0.462 e. The molecule has 96 valence electrons. The van der Waals surface area contributed by atoms with Gasteiger partial charge in [-0.15, -0.1) is 11.3 Å². The van der Waals surface area contributed by atoms with Crippen LogP contribution in [-0.4, -0.2) is 23.5 Å². The molecule has 0 unspecified atom stereocenters. The van der Waals surface area contributed by atoms with Crippen molar-refractivity contribution in [3.63, 3.8) is 0 Å². The summed E-state index contributed by atoms with van der Waals surface area (Å²) >= 11 is 1.16. The number of aromatic nitrogens is 1. The molecule has 0 amide bonds. The fourth-order valence-corrected chi connectivity index (χ4v) is 2.51. The lowest BCUT2D eigenvalue weighted by atomic mass is 10.2. The third-order valence-electron chi connectivity index (χ3n) is 2.29. The molecule has 0 aliphatic carbocycles. The Morgan fingerprint density at radius 1 is 1.44 bits per heavy atom. The van der Waals surface area contributed by atoms with Crippen LogP contribution in [0.1, 0.15) is 11.9 Å². The van der Waals surface area contributed by atoms with Crippen LogP contribution in [0.2, 0.25) is 0 Å². The van der Waals surface area contributed by atoms with Crippen molar-refractivity contribution in [2.45, 2.75) is 19.3 Å². The van der Waals surface area contributed by atoms with Crippen LogP contribution in [0, 0.1) is 0 Å². The maximum absolute atomic E-state index is 13.5. The van der Waals surface area contributed by atoms with E-state index in [0.717, 1.165) is 16.0 Å². The van der Waals surface area contributed by atoms with E-state index in [4.69, 9.17) is 0 Å². The first kappa shape index (κ1) is 12.9. The van der Waals surface area contributed by atoms with Crippen molar-refractivity contribution in [2.24, 2.45) is 0 Å². The summed E-state index contributed by atoms with van der Waals surface area (Å²) in [5.74, 6) is -5.02. The first-order valence-electron chi connectivity index (χ1n) is 5.42. The second-order valence-corrected chi connectivity index (χ2v) is 4.79. The summed E-state index contributed by atoms with van der Waals surface area (Å²) in [5, 5.41) is 0.231. The molecule has 0 bridgehead atoms. The molecule has 1 heterocycles. The molecule has 0 spiro atoms. The summed E-state index contributed by atoms with van der Waals surface area (Å²) in [6.45, 7) is 1.43. The first-order valence-corrected chi connectivity index (χ1v) is 6.24. The summed E-state index contributed by atoms with van der Waals surface area (Å²) in [7, 11) is 0. The van der Waals surface area contributed by atoms with Crippen molar-refractivity contribution in [3.05, 3.63) is 29.3 Å². The van der Waals surface area contributed by atoms with E-state index in [9.17, 15) is 13.6 Å². The number of carbonyl (C=O) groups excluding carboxylic acids is 1. The average molecular weight is 271 g/mol. The average Bonchev–Trinajstić information content (AvgIpc) is 2.70. The summed E-state index contributed by atoms with van der Waals surface area (Å²) < 4.78 is 32.2. The minimum atomic E-state index is -3.52. The van der Waals surface area contributed by atoms with Gasteiger partial charge < -0.3 is 4.74 Å². The number of para-hydroxylation sites is 1. The molecule has 0 fully saturated rings. The Kier molecular flexibility index (Phi) is 3.56. The molecule has 18 heavy (non-hydrogen) atoms. The van der Waals surface area contributed by atoms with E-state index in [1.807, 2.05) is 6.07 Å². The quantitative estimate of drug-likeness (QED) is 0.802. The summed E-state index contributed by atoms with van der Waals surface area (Å²) in [5.41, 5.74) is 0.664. The van der Waals surface area contributed by atoms with Gasteiger partial charge in [0.2, 0.25) is 0 Å². The molecule has 1 aromatic carbocycles. The standard InChI is InChI=1S/C12H11F2NO2S/c1-2-17-11(16)12(13,14)7-10-15-8-5-3-4-6-9(8)18-10/h3-6H,2,7H2,1H3. The molecular weight excluding hydrogens is 260 g/mol. The molecule has 0 radical (unpaired) electrons. The molecule has 0 N–H and O–H groups in total. The van der Waals surface area contributed by atoms with Gasteiger partial charge in [-0.25, -0.2) is 9.78 Å². The lowest BCUT2D eigenvalue weighted by molar-refractivity contribution is -0.171. The van der Waals surface area contributed by atoms with E-state index >= 15 is 0 Å². The highest BCUT2D eigenvalue weighted by molar-refractivity contribution is 7.18. The molecule has 6 heteroatoms. The van der Waals surface area contributed by atoms with Gasteiger partial charge in [-0.1, -0.05) is 12.1 Å². The first-order chi connectivity index (χ1) is 8.53. The topological polar surface area (TPSA) is 39.2 Å². The van der Waals surface area contributed by atoms with Gasteiger partial charge in [-0.3, -0.25) is 0 Å². The number of halogens is 2. The SMILES string of the molecule is CCOC(=O)C(F)(F)Cc1nc2ccccc2s1. The normalized spacial score (nSPS) is 11.7. The maximum Gasteiger partial charge on any atom is 0.377 e. The molecular formula is C12H11F2NO2S. The third-order valence-corrected chi connectivity index (χ3v) is 3.32. The van der Waals surface area contributed by atoms with Crippen LogP contribution in [0.25, 0.3) is 10.2 Å². The monoisotopic (exact) mass is 271 g/mol. The minimum absolute atomic E-state index is 0.0612. The van der Waals surface area contributed by atoms with Crippen molar-refractivity contribution in [2.75, 3.05) is 6.61 Å². The summed E-state index contributed by atoms with van der Waals surface area (Å²) in [4.78, 5) is 15.2. The zero-order chi connectivity index (χ0) is 13.2. The highest BCUT2D eigenvalue weighted by atomic mass is 32.1. The van der Waals surface area contributed by atoms with Crippen molar-refractivity contribution >= 4 is 27.5 Å². The number of thiazole rings is 1. The number of hydrogen-bond donors (Lipinski definition) is 0. The Hall–Kier alpha value is -1.56. The Bertz CT molecular complexity index is 535. The van der Waals surface area contributed by atoms with Gasteiger partial charge in [-0.05, 0) is 19.1 Å². The number of esters is 1. The lowest BCUT2D eigenvalue weighted by Crippen LogP contribution is -2.33. The molecule has 0 saturated heterocycles. The predicted molar refractivity (Wildman–Crippen MR) is 64.9 cm³/mol. The number of rotatable bonds is 4. The number of benzene rings is 1. The number of fused-ring (bicyclic) bond motifs is 1. The van der Waals surface area contributed by atoms with E-state index < -0.39 is 18.3 Å². The van der Waals surface area contributed by atoms with Crippen LogP contribution >= 0.6 is 11.3 Å². The summed E-state index contributed by atoms with van der Waals surface area (Å²) in [6, 6.07) is 7.15. The highest BCUT2D eigenvalue weighted by Crippen LogP contribution is 2.28. The van der Waals surface area contributed by atoms with Crippen LogP contribution in [0.5, 0.6) is 0 Å². The number of hydrogen-bond acceptors (Lipinski definition) is 4. The van der Waals surface area contributed by atoms with Gasteiger partial charge in [0.25, 0.3) is 0 Å². The Balaban J connectivity index is 2.20. The van der Waals surface area contributed by atoms with Gasteiger partial charge in [0.05, 0.1) is 23.2 Å². The smallest absolute Gasteiger partial charge is 0.377 e. The van der Waals surface area contributed by atoms with E-state index in [0.29, 0.717) is 5.52 Å². The van der Waals surface area contributed by atoms with Crippen LogP contribution in [0.4, 0.5) is 8.78 Å². The number of ether oxygens (including phenoxy) is 1. The fourth-order valence-electron chi connectivity index (χ4n) is 1.49. The van der Waals surface area contributed by atoms with Gasteiger partial charge >= 0.3 is 11.9 Å². The Labute approximate surface area is 106 Å². The Morgan fingerprint density at radius 3 is 2.83 bits per heavy atom. The zero-order valence-electron chi connectivity index (χ0n) is 9.65. The molecule has 0 aliphatic rings. The van der Waals surface area contributed by atoms with Gasteiger partial charge in [0.15, 0.2) is 0 Å². The van der Waals surface area contributed by atoms with Crippen molar-refractivity contribution in [1.29, 1.82) is 0 Å². The van der Waals surface area contributed by atoms with Crippen LogP contribution in [0.3, 0.4) is 0 Å². The highest BCUT2D eigenvalue weighted by Gasteiger charge is 2.41. The van der Waals surface area contributed by atoms with Crippen molar-refractivity contribution < 1.29 is 18.3 Å². The molecule has 0 atom stereocenters. The van der Waals surface area contributed by atoms with Crippen LogP contribution in [0.15, 0.2) is 24.3 Å². The third kappa shape index (κ3) is 2.64. The molecule has 2 rings (SSSR count). The molecule has 1 aromatic heterocycles. The van der Waals surface area contributed by atoms with E-state index in [-0.39, 0.29) is 11.6 Å². The second-order valence-electron chi connectivity index (χ2n) is 3.68. The summed E-state index contributed by atoms with van der Waals surface area (Å²) in [6.07, 6.45) is -0.717. The van der Waals surface area contributed by atoms with E-state index in [1.54, 1.807) is 18.2 Å². The molecule has 2 aromatic rings. The molecule has 0 aliphatic heterocycles. The zero-order valence-corrected chi connectivity index (χ0v) is 10.5. The second kappa shape index (κ2) is 4.97. The molecule has 3 nitrogen and oxygen atoms in total. The van der Waals surface area contributed by atoms with Crippen molar-refractivity contribution in [3.8, 4) is 0 Å². The predicted octanol–water partition coefficient (Wildman–Crippen LogP) is 3.04. The number of nitrogens with zero attached hydrogens (tertiary/aromatic N) is 1. The number of alkyl halides is 2. The van der Waals surface area contributed by atoms with Crippen molar-refractivity contribution in [1.82, 2.24) is 4.98 Å². The van der Waals surface area contributed by atoms with E-state index in [2.05, 4.69) is 9.72 Å².